The maximum absolute atomic E-state index is 13.0. The molecule has 5 aromatic rings. The molecule has 0 aliphatic rings. The molecule has 5 rings (SSSR count). The molecular weight excluding hydrogens is 439 g/mol. The van der Waals surface area contributed by atoms with Crippen LogP contribution in [0.1, 0.15) is 30.9 Å². The van der Waals surface area contributed by atoms with Crippen molar-refractivity contribution in [2.45, 2.75) is 25.4 Å². The second-order valence-corrected chi connectivity index (χ2v) is 8.47. The molecule has 0 aliphatic carbocycles. The average molecular weight is 459 g/mol. The maximum atomic E-state index is 13.0. The van der Waals surface area contributed by atoms with Crippen LogP contribution in [0.25, 0.3) is 28.0 Å². The first-order chi connectivity index (χ1) is 16.2. The second kappa shape index (κ2) is 8.06. The highest BCUT2D eigenvalue weighted by atomic mass is 19.4. The van der Waals surface area contributed by atoms with E-state index in [1.54, 1.807) is 18.3 Å². The largest absolute Gasteiger partial charge is 0.435 e. The summed E-state index contributed by atoms with van der Waals surface area (Å²) in [6.45, 7) is 3.96. The predicted molar refractivity (Wildman–Crippen MR) is 123 cm³/mol. The molecule has 8 heteroatoms. The Morgan fingerprint density at radius 2 is 1.50 bits per heavy atom. The highest BCUT2D eigenvalue weighted by molar-refractivity contribution is 5.82. The topological polar surface area (TPSA) is 56.5 Å². The molecule has 34 heavy (non-hydrogen) atoms. The summed E-state index contributed by atoms with van der Waals surface area (Å²) in [5, 5.41) is 4.66. The number of aromatic nitrogens is 5. The van der Waals surface area contributed by atoms with Crippen molar-refractivity contribution in [3.8, 4) is 17.1 Å². The number of nitrogens with zero attached hydrogens (tertiary/aromatic N) is 5. The lowest BCUT2D eigenvalue weighted by atomic mass is 9.84. The minimum absolute atomic E-state index is 0.302. The van der Waals surface area contributed by atoms with Gasteiger partial charge in [0.2, 0.25) is 0 Å². The van der Waals surface area contributed by atoms with E-state index >= 15 is 0 Å². The second-order valence-electron chi connectivity index (χ2n) is 8.47. The molecule has 0 amide bonds. The number of halogens is 3. The van der Waals surface area contributed by atoms with Crippen molar-refractivity contribution in [1.82, 2.24) is 24.7 Å². The van der Waals surface area contributed by atoms with Gasteiger partial charge in [0.05, 0.1) is 22.6 Å². The van der Waals surface area contributed by atoms with E-state index in [0.29, 0.717) is 11.5 Å². The molecule has 0 radical (unpaired) electrons. The highest BCUT2D eigenvalue weighted by Gasteiger charge is 2.34. The molecule has 0 fully saturated rings. The molecule has 4 aromatic heterocycles. The Morgan fingerprint density at radius 3 is 2.26 bits per heavy atom. The lowest BCUT2D eigenvalue weighted by molar-refractivity contribution is -0.141. The number of pyridine rings is 3. The van der Waals surface area contributed by atoms with Gasteiger partial charge in [-0.15, -0.1) is 0 Å². The third-order valence-corrected chi connectivity index (χ3v) is 5.76. The Labute approximate surface area is 194 Å². The van der Waals surface area contributed by atoms with E-state index < -0.39 is 17.3 Å². The summed E-state index contributed by atoms with van der Waals surface area (Å²) in [7, 11) is 0. The van der Waals surface area contributed by atoms with Gasteiger partial charge in [0.25, 0.3) is 0 Å². The minimum Gasteiger partial charge on any atom is -0.256 e. The molecule has 0 N–H and O–H groups in total. The van der Waals surface area contributed by atoms with Crippen molar-refractivity contribution >= 4 is 10.9 Å². The SMILES string of the molecule is CC(C)(c1cccc(-c2cnc3ccccc3c2)n1)c1cccc(-n2ccc(C(F)(F)F)n2)n1. The van der Waals surface area contributed by atoms with Gasteiger partial charge in [-0.2, -0.15) is 18.3 Å². The van der Waals surface area contributed by atoms with E-state index in [4.69, 9.17) is 4.98 Å². The van der Waals surface area contributed by atoms with Crippen molar-refractivity contribution in [3.05, 3.63) is 102 Å². The van der Waals surface area contributed by atoms with Crippen LogP contribution in [0.4, 0.5) is 13.2 Å². The Morgan fingerprint density at radius 1 is 0.765 bits per heavy atom. The number of hydrogen-bond donors (Lipinski definition) is 0. The number of fused-ring (bicyclic) bond motifs is 1. The fraction of sp³-hybridized carbons (Fsp3) is 0.154. The average Bonchev–Trinajstić information content (AvgIpc) is 3.35. The minimum atomic E-state index is -4.51. The van der Waals surface area contributed by atoms with Crippen molar-refractivity contribution in [1.29, 1.82) is 0 Å². The van der Waals surface area contributed by atoms with Gasteiger partial charge in [-0.25, -0.2) is 9.67 Å². The van der Waals surface area contributed by atoms with Crippen LogP contribution in [0.3, 0.4) is 0 Å². The normalized spacial score (nSPS) is 12.3. The molecule has 0 bridgehead atoms. The zero-order valence-electron chi connectivity index (χ0n) is 18.5. The lowest BCUT2D eigenvalue weighted by Gasteiger charge is -2.24. The number of rotatable bonds is 4. The third-order valence-electron chi connectivity index (χ3n) is 5.76. The van der Waals surface area contributed by atoms with Gasteiger partial charge in [0.1, 0.15) is 0 Å². The first-order valence-electron chi connectivity index (χ1n) is 10.7. The quantitative estimate of drug-likeness (QED) is 0.320. The van der Waals surface area contributed by atoms with Crippen molar-refractivity contribution in [2.75, 3.05) is 0 Å². The molecule has 4 heterocycles. The van der Waals surface area contributed by atoms with Crippen molar-refractivity contribution < 1.29 is 13.2 Å². The summed E-state index contributed by atoms with van der Waals surface area (Å²) in [6, 6.07) is 21.9. The van der Waals surface area contributed by atoms with Gasteiger partial charge in [0.15, 0.2) is 11.5 Å². The maximum Gasteiger partial charge on any atom is 0.435 e. The summed E-state index contributed by atoms with van der Waals surface area (Å²) >= 11 is 0. The summed E-state index contributed by atoms with van der Waals surface area (Å²) in [5.41, 5.74) is 2.45. The first-order valence-corrected chi connectivity index (χ1v) is 10.7. The zero-order valence-corrected chi connectivity index (χ0v) is 18.5. The number of alkyl halides is 3. The van der Waals surface area contributed by atoms with Gasteiger partial charge in [-0.3, -0.25) is 9.97 Å². The summed E-state index contributed by atoms with van der Waals surface area (Å²) in [4.78, 5) is 14.0. The van der Waals surface area contributed by atoms with Crippen LogP contribution >= 0.6 is 0 Å². The Balaban J connectivity index is 1.50. The summed E-state index contributed by atoms with van der Waals surface area (Å²) < 4.78 is 40.0. The predicted octanol–water partition coefficient (Wildman–Crippen LogP) is 6.22. The van der Waals surface area contributed by atoms with E-state index in [9.17, 15) is 13.2 Å². The summed E-state index contributed by atoms with van der Waals surface area (Å²) in [5.74, 6) is 0.302. The van der Waals surface area contributed by atoms with Crippen LogP contribution in [0.5, 0.6) is 0 Å². The highest BCUT2D eigenvalue weighted by Crippen LogP contribution is 2.32. The van der Waals surface area contributed by atoms with E-state index in [0.717, 1.165) is 38.6 Å². The van der Waals surface area contributed by atoms with Gasteiger partial charge in [-0.1, -0.05) is 30.3 Å². The van der Waals surface area contributed by atoms with Crippen LogP contribution in [0.2, 0.25) is 0 Å². The number of para-hydroxylation sites is 1. The first kappa shape index (κ1) is 21.8. The molecule has 0 spiro atoms. The Bertz CT molecular complexity index is 1490. The molecule has 0 saturated heterocycles. The van der Waals surface area contributed by atoms with E-state index in [1.165, 1.54) is 6.20 Å². The van der Waals surface area contributed by atoms with E-state index in [1.807, 2.05) is 62.4 Å². The standard InChI is InChI=1S/C26H20F3N5/c1-25(2,22-11-6-12-24(32-22)34-14-13-23(33-34)26(27,28)29)21-10-5-9-20(31-21)18-15-17-7-3-4-8-19(17)30-16-18/h3-16H,1-2H3. The smallest absolute Gasteiger partial charge is 0.256 e. The van der Waals surface area contributed by atoms with Gasteiger partial charge in [0, 0.05) is 28.8 Å². The van der Waals surface area contributed by atoms with E-state index in [-0.39, 0.29) is 0 Å². The van der Waals surface area contributed by atoms with Crippen LogP contribution in [-0.2, 0) is 11.6 Å². The molecule has 0 aliphatic heterocycles. The fourth-order valence-corrected chi connectivity index (χ4v) is 3.79. The third kappa shape index (κ3) is 4.03. The number of hydrogen-bond acceptors (Lipinski definition) is 4. The zero-order chi connectivity index (χ0) is 23.9. The fourth-order valence-electron chi connectivity index (χ4n) is 3.79. The molecule has 5 nitrogen and oxygen atoms in total. The monoisotopic (exact) mass is 459 g/mol. The van der Waals surface area contributed by atoms with Crippen LogP contribution < -0.4 is 0 Å². The van der Waals surface area contributed by atoms with Crippen molar-refractivity contribution in [3.63, 3.8) is 0 Å². The van der Waals surface area contributed by atoms with Gasteiger partial charge < -0.3 is 0 Å². The molecular formula is C26H20F3N5. The Hall–Kier alpha value is -4.07. The van der Waals surface area contributed by atoms with E-state index in [2.05, 4.69) is 21.1 Å². The molecule has 1 aromatic carbocycles. The summed E-state index contributed by atoms with van der Waals surface area (Å²) in [6.07, 6.45) is -1.45. The van der Waals surface area contributed by atoms with Gasteiger partial charge in [-0.05, 0) is 56.3 Å². The van der Waals surface area contributed by atoms with Crippen LogP contribution in [0.15, 0.2) is 85.2 Å². The number of benzene rings is 1. The molecule has 0 saturated carbocycles. The van der Waals surface area contributed by atoms with Gasteiger partial charge >= 0.3 is 6.18 Å². The lowest BCUT2D eigenvalue weighted by Crippen LogP contribution is -2.23. The van der Waals surface area contributed by atoms with Crippen molar-refractivity contribution in [2.24, 2.45) is 0 Å². The Kier molecular flexibility index (Phi) is 5.16. The molecule has 170 valence electrons. The molecule has 0 unspecified atom stereocenters. The van der Waals surface area contributed by atoms with Crippen LogP contribution in [-0.4, -0.2) is 24.7 Å². The van der Waals surface area contributed by atoms with Crippen LogP contribution in [0, 0.1) is 0 Å². The molecule has 0 atom stereocenters.